The maximum atomic E-state index is 13.1. The van der Waals surface area contributed by atoms with Crippen molar-refractivity contribution in [2.24, 2.45) is 0 Å². The fourth-order valence-corrected chi connectivity index (χ4v) is 3.54. The number of morpholine rings is 1. The van der Waals surface area contributed by atoms with Gasteiger partial charge in [0.05, 0.1) is 18.8 Å². The summed E-state index contributed by atoms with van der Waals surface area (Å²) >= 11 is 0. The van der Waals surface area contributed by atoms with E-state index in [2.05, 4.69) is 29.4 Å². The second-order valence-corrected chi connectivity index (χ2v) is 6.92. The lowest BCUT2D eigenvalue weighted by atomic mass is 10.0. The number of benzene rings is 2. The zero-order chi connectivity index (χ0) is 18.8. The lowest BCUT2D eigenvalue weighted by Crippen LogP contribution is -2.40. The Balaban J connectivity index is 1.77. The van der Waals surface area contributed by atoms with Gasteiger partial charge in [-0.05, 0) is 37.1 Å². The van der Waals surface area contributed by atoms with Gasteiger partial charge in [0.15, 0.2) is 0 Å². The molecule has 0 saturated carbocycles. The van der Waals surface area contributed by atoms with E-state index >= 15 is 0 Å². The van der Waals surface area contributed by atoms with Gasteiger partial charge in [-0.15, -0.1) is 0 Å². The Labute approximate surface area is 159 Å². The summed E-state index contributed by atoms with van der Waals surface area (Å²) in [7, 11) is 0. The summed E-state index contributed by atoms with van der Waals surface area (Å²) < 4.78 is 5.37. The topological polar surface area (TPSA) is 54.5 Å². The van der Waals surface area contributed by atoms with Crippen molar-refractivity contribution in [1.29, 1.82) is 0 Å². The molecule has 1 aliphatic heterocycles. The summed E-state index contributed by atoms with van der Waals surface area (Å²) in [6, 6.07) is 14.2. The molecule has 138 valence electrons. The number of aromatic nitrogens is 1. The highest BCUT2D eigenvalue weighted by Gasteiger charge is 2.22. The van der Waals surface area contributed by atoms with E-state index in [-0.39, 0.29) is 5.91 Å². The van der Waals surface area contributed by atoms with Crippen LogP contribution in [0.1, 0.15) is 21.5 Å². The van der Waals surface area contributed by atoms with Gasteiger partial charge in [0, 0.05) is 35.7 Å². The molecule has 5 nitrogen and oxygen atoms in total. The number of rotatable bonds is 3. The second kappa shape index (κ2) is 7.37. The first kappa shape index (κ1) is 17.5. The molecule has 1 aromatic heterocycles. The maximum Gasteiger partial charge on any atom is 0.256 e. The number of pyridine rings is 1. The van der Waals surface area contributed by atoms with Crippen LogP contribution in [0.15, 0.2) is 48.7 Å². The number of amides is 1. The summed E-state index contributed by atoms with van der Waals surface area (Å²) in [6.07, 6.45) is 1.70. The molecule has 1 saturated heterocycles. The Bertz CT molecular complexity index is 994. The molecule has 3 aromatic rings. The molecule has 2 aromatic carbocycles. The van der Waals surface area contributed by atoms with Crippen molar-refractivity contribution in [1.82, 2.24) is 9.88 Å². The molecule has 1 N–H and O–H groups in total. The molecule has 4 rings (SSSR count). The minimum atomic E-state index is 0.0206. The Morgan fingerprint density at radius 3 is 2.67 bits per heavy atom. The van der Waals surface area contributed by atoms with Gasteiger partial charge in [0.1, 0.15) is 5.82 Å². The van der Waals surface area contributed by atoms with E-state index in [4.69, 9.17) is 4.74 Å². The van der Waals surface area contributed by atoms with Crippen LogP contribution in [0.4, 0.5) is 11.5 Å². The molecule has 27 heavy (non-hydrogen) atoms. The number of hydrogen-bond acceptors (Lipinski definition) is 4. The van der Waals surface area contributed by atoms with E-state index in [1.165, 1.54) is 5.56 Å². The molecule has 2 heterocycles. The van der Waals surface area contributed by atoms with Gasteiger partial charge in [-0.2, -0.15) is 0 Å². The summed E-state index contributed by atoms with van der Waals surface area (Å²) in [6.45, 7) is 6.51. The fraction of sp³-hybridized carbons (Fsp3) is 0.273. The first-order chi connectivity index (χ1) is 13.1. The monoisotopic (exact) mass is 361 g/mol. The number of anilines is 2. The van der Waals surface area contributed by atoms with Crippen LogP contribution >= 0.6 is 0 Å². The number of fused-ring (bicyclic) bond motifs is 1. The van der Waals surface area contributed by atoms with Crippen LogP contribution in [0.3, 0.4) is 0 Å². The van der Waals surface area contributed by atoms with Crippen LogP contribution in [0.25, 0.3) is 10.8 Å². The van der Waals surface area contributed by atoms with E-state index < -0.39 is 0 Å². The molecular weight excluding hydrogens is 338 g/mol. The highest BCUT2D eigenvalue weighted by atomic mass is 16.5. The minimum absolute atomic E-state index is 0.0206. The van der Waals surface area contributed by atoms with Gasteiger partial charge in [0.25, 0.3) is 5.91 Å². The van der Waals surface area contributed by atoms with Gasteiger partial charge in [-0.1, -0.05) is 30.3 Å². The van der Waals surface area contributed by atoms with Crippen molar-refractivity contribution in [2.75, 3.05) is 31.6 Å². The third kappa shape index (κ3) is 3.51. The molecule has 0 aliphatic carbocycles. The molecular formula is C22H23N3O2. The largest absolute Gasteiger partial charge is 0.378 e. The van der Waals surface area contributed by atoms with Crippen molar-refractivity contribution < 1.29 is 9.53 Å². The molecule has 1 fully saturated rings. The molecule has 5 heteroatoms. The van der Waals surface area contributed by atoms with Crippen LogP contribution in [0.2, 0.25) is 0 Å². The first-order valence-corrected chi connectivity index (χ1v) is 9.22. The highest BCUT2D eigenvalue weighted by molar-refractivity contribution is 6.10. The van der Waals surface area contributed by atoms with E-state index in [0.29, 0.717) is 31.9 Å². The van der Waals surface area contributed by atoms with Gasteiger partial charge in [-0.3, -0.25) is 4.79 Å². The van der Waals surface area contributed by atoms with Crippen LogP contribution in [-0.4, -0.2) is 42.1 Å². The smallest absolute Gasteiger partial charge is 0.256 e. The molecule has 0 bridgehead atoms. The van der Waals surface area contributed by atoms with Crippen LogP contribution < -0.4 is 5.32 Å². The normalized spacial score (nSPS) is 14.4. The molecule has 1 aliphatic rings. The van der Waals surface area contributed by atoms with Crippen molar-refractivity contribution in [2.45, 2.75) is 13.8 Å². The summed E-state index contributed by atoms with van der Waals surface area (Å²) in [5.74, 6) is 0.782. The van der Waals surface area contributed by atoms with Gasteiger partial charge >= 0.3 is 0 Å². The minimum Gasteiger partial charge on any atom is -0.378 e. The predicted molar refractivity (Wildman–Crippen MR) is 108 cm³/mol. The molecule has 0 atom stereocenters. The highest BCUT2D eigenvalue weighted by Crippen LogP contribution is 2.30. The molecule has 1 amide bonds. The lowest BCUT2D eigenvalue weighted by molar-refractivity contribution is 0.0304. The molecule has 0 radical (unpaired) electrons. The number of carbonyl (C=O) groups excluding carboxylic acids is 1. The number of carbonyl (C=O) groups is 1. The van der Waals surface area contributed by atoms with E-state index in [9.17, 15) is 4.79 Å². The lowest BCUT2D eigenvalue weighted by Gasteiger charge is -2.27. The Morgan fingerprint density at radius 2 is 1.89 bits per heavy atom. The first-order valence-electron chi connectivity index (χ1n) is 9.22. The van der Waals surface area contributed by atoms with Crippen LogP contribution in [0, 0.1) is 13.8 Å². The van der Waals surface area contributed by atoms with Gasteiger partial charge in [0.2, 0.25) is 0 Å². The number of nitrogens with zero attached hydrogens (tertiary/aromatic N) is 2. The van der Waals surface area contributed by atoms with Gasteiger partial charge in [-0.25, -0.2) is 4.98 Å². The van der Waals surface area contributed by atoms with E-state index in [1.54, 1.807) is 6.20 Å². The zero-order valence-electron chi connectivity index (χ0n) is 15.7. The van der Waals surface area contributed by atoms with Crippen molar-refractivity contribution in [3.05, 3.63) is 65.4 Å². The Kier molecular flexibility index (Phi) is 4.77. The third-order valence-electron chi connectivity index (χ3n) is 4.93. The maximum absolute atomic E-state index is 13.1. The summed E-state index contributed by atoms with van der Waals surface area (Å²) in [5, 5.41) is 5.32. The third-order valence-corrected chi connectivity index (χ3v) is 4.93. The average Bonchev–Trinajstić information content (AvgIpc) is 2.69. The number of ether oxygens (including phenoxy) is 1. The quantitative estimate of drug-likeness (QED) is 0.764. The zero-order valence-corrected chi connectivity index (χ0v) is 15.7. The SMILES string of the molecule is Cc1cccc(Nc2ncc(C(=O)N3CCOCC3)c3c(C)cccc23)c1. The summed E-state index contributed by atoms with van der Waals surface area (Å²) in [5.41, 5.74) is 3.88. The standard InChI is InChI=1S/C22H23N3O2/c1-15-5-3-7-17(13-15)24-21-18-8-4-6-16(2)20(18)19(14-23-21)22(26)25-9-11-27-12-10-25/h3-8,13-14H,9-12H2,1-2H3,(H,23,24). The van der Waals surface area contributed by atoms with Gasteiger partial charge < -0.3 is 15.0 Å². The predicted octanol–water partition coefficient (Wildman–Crippen LogP) is 4.07. The van der Waals surface area contributed by atoms with Crippen molar-refractivity contribution >= 4 is 28.2 Å². The Hall–Kier alpha value is -2.92. The van der Waals surface area contributed by atoms with E-state index in [1.807, 2.05) is 42.2 Å². The molecule has 0 unspecified atom stereocenters. The van der Waals surface area contributed by atoms with E-state index in [0.717, 1.165) is 27.8 Å². The number of nitrogens with one attached hydrogen (secondary N) is 1. The number of hydrogen-bond donors (Lipinski definition) is 1. The molecule has 0 spiro atoms. The van der Waals surface area contributed by atoms with Crippen molar-refractivity contribution in [3.8, 4) is 0 Å². The second-order valence-electron chi connectivity index (χ2n) is 6.92. The average molecular weight is 361 g/mol. The number of aryl methyl sites for hydroxylation is 2. The van der Waals surface area contributed by atoms with Crippen LogP contribution in [-0.2, 0) is 4.74 Å². The fourth-order valence-electron chi connectivity index (χ4n) is 3.54. The Morgan fingerprint density at radius 1 is 1.11 bits per heavy atom. The van der Waals surface area contributed by atoms with Crippen molar-refractivity contribution in [3.63, 3.8) is 0 Å². The summed E-state index contributed by atoms with van der Waals surface area (Å²) in [4.78, 5) is 19.5. The van der Waals surface area contributed by atoms with Crippen LogP contribution in [0.5, 0.6) is 0 Å².